The predicted molar refractivity (Wildman–Crippen MR) is 77.1 cm³/mol. The summed E-state index contributed by atoms with van der Waals surface area (Å²) in [6.45, 7) is 8.55. The Morgan fingerprint density at radius 2 is 2.20 bits per heavy atom. The minimum atomic E-state index is -0.433. The number of carbonyl (C=O) groups is 2. The van der Waals surface area contributed by atoms with E-state index in [1.54, 1.807) is 6.08 Å². The molecule has 2 rings (SSSR count). The van der Waals surface area contributed by atoms with E-state index in [9.17, 15) is 9.59 Å². The molecule has 20 heavy (non-hydrogen) atoms. The number of hydrogen-bond acceptors (Lipinski definition) is 3. The van der Waals surface area contributed by atoms with Crippen molar-refractivity contribution in [1.82, 2.24) is 4.90 Å². The Bertz CT molecular complexity index is 435. The molecule has 112 valence electrons. The Morgan fingerprint density at radius 1 is 1.50 bits per heavy atom. The quantitative estimate of drug-likeness (QED) is 0.730. The van der Waals surface area contributed by atoms with Gasteiger partial charge in [0.05, 0.1) is 6.42 Å². The molecule has 0 radical (unpaired) electrons. The number of piperidine rings is 1. The molecule has 0 bridgehead atoms. The fourth-order valence-corrected chi connectivity index (χ4v) is 3.16. The van der Waals surface area contributed by atoms with Crippen LogP contribution in [0, 0.1) is 5.41 Å². The molecule has 2 aliphatic rings. The van der Waals surface area contributed by atoms with Crippen molar-refractivity contribution in [1.29, 1.82) is 0 Å². The summed E-state index contributed by atoms with van der Waals surface area (Å²) in [6, 6.07) is 0.244. The second kappa shape index (κ2) is 5.23. The van der Waals surface area contributed by atoms with Crippen molar-refractivity contribution in [3.05, 3.63) is 12.2 Å². The van der Waals surface area contributed by atoms with Crippen molar-refractivity contribution in [2.75, 3.05) is 6.54 Å². The largest absolute Gasteiger partial charge is 0.460 e. The van der Waals surface area contributed by atoms with Crippen LogP contribution in [-0.2, 0) is 14.3 Å². The monoisotopic (exact) mass is 279 g/mol. The first kappa shape index (κ1) is 15.1. The van der Waals surface area contributed by atoms with Gasteiger partial charge in [-0.25, -0.2) is 0 Å². The van der Waals surface area contributed by atoms with E-state index in [0.29, 0.717) is 6.42 Å². The molecule has 1 amide bonds. The molecule has 0 aliphatic carbocycles. The van der Waals surface area contributed by atoms with Crippen LogP contribution in [0.1, 0.15) is 53.4 Å². The SMILES string of the molecule is CC1(CC(=O)OC(C)(C)C)CCN2C(=O)C=CCC2C1. The summed E-state index contributed by atoms with van der Waals surface area (Å²) in [5.74, 6) is -0.0216. The number of nitrogens with zero attached hydrogens (tertiary/aromatic N) is 1. The van der Waals surface area contributed by atoms with Crippen LogP contribution < -0.4 is 0 Å². The molecule has 4 nitrogen and oxygen atoms in total. The summed E-state index contributed by atoms with van der Waals surface area (Å²) in [5.41, 5.74) is -0.493. The lowest BCUT2D eigenvalue weighted by atomic mass is 9.73. The Kier molecular flexibility index (Phi) is 3.94. The zero-order chi connectivity index (χ0) is 15.0. The van der Waals surface area contributed by atoms with Gasteiger partial charge in [0.15, 0.2) is 0 Å². The first-order chi connectivity index (χ1) is 9.19. The van der Waals surface area contributed by atoms with Crippen molar-refractivity contribution >= 4 is 11.9 Å². The standard InChI is InChI=1S/C16H25NO3/c1-15(2,3)20-14(19)11-16(4)8-9-17-12(10-16)6-5-7-13(17)18/h5,7,12H,6,8-11H2,1-4H3. The lowest BCUT2D eigenvalue weighted by Crippen LogP contribution is -2.50. The Hall–Kier alpha value is -1.32. The molecule has 0 spiro atoms. The van der Waals surface area contributed by atoms with Crippen LogP contribution in [0.2, 0.25) is 0 Å². The summed E-state index contributed by atoms with van der Waals surface area (Å²) in [5, 5.41) is 0. The minimum absolute atomic E-state index is 0.0606. The molecule has 0 saturated carbocycles. The number of carbonyl (C=O) groups excluding carboxylic acids is 2. The lowest BCUT2D eigenvalue weighted by molar-refractivity contribution is -0.158. The summed E-state index contributed by atoms with van der Waals surface area (Å²) >= 11 is 0. The fraction of sp³-hybridized carbons (Fsp3) is 0.750. The number of hydrogen-bond donors (Lipinski definition) is 0. The molecule has 2 aliphatic heterocycles. The zero-order valence-corrected chi connectivity index (χ0v) is 12.9. The molecular formula is C16H25NO3. The summed E-state index contributed by atoms with van der Waals surface area (Å²) in [4.78, 5) is 25.8. The third-order valence-corrected chi connectivity index (χ3v) is 4.07. The van der Waals surface area contributed by atoms with Gasteiger partial charge in [-0.3, -0.25) is 9.59 Å². The van der Waals surface area contributed by atoms with Crippen molar-refractivity contribution in [3.8, 4) is 0 Å². The molecule has 0 aromatic rings. The highest BCUT2D eigenvalue weighted by Crippen LogP contribution is 2.40. The maximum atomic E-state index is 12.0. The maximum Gasteiger partial charge on any atom is 0.306 e. The number of ether oxygens (including phenoxy) is 1. The topological polar surface area (TPSA) is 46.6 Å². The van der Waals surface area contributed by atoms with Gasteiger partial charge in [-0.2, -0.15) is 0 Å². The van der Waals surface area contributed by atoms with Gasteiger partial charge in [0.25, 0.3) is 0 Å². The third kappa shape index (κ3) is 3.62. The van der Waals surface area contributed by atoms with Gasteiger partial charge in [-0.1, -0.05) is 13.0 Å². The molecule has 0 N–H and O–H groups in total. The smallest absolute Gasteiger partial charge is 0.306 e. The molecule has 2 atom stereocenters. The first-order valence-corrected chi connectivity index (χ1v) is 7.38. The third-order valence-electron chi connectivity index (χ3n) is 4.07. The summed E-state index contributed by atoms with van der Waals surface area (Å²) in [7, 11) is 0. The van der Waals surface area contributed by atoms with Crippen LogP contribution in [0.15, 0.2) is 12.2 Å². The number of amides is 1. The van der Waals surface area contributed by atoms with Gasteiger partial charge in [-0.15, -0.1) is 0 Å². The number of rotatable bonds is 2. The average molecular weight is 279 g/mol. The van der Waals surface area contributed by atoms with Crippen molar-refractivity contribution in [2.24, 2.45) is 5.41 Å². The van der Waals surface area contributed by atoms with E-state index in [0.717, 1.165) is 25.8 Å². The van der Waals surface area contributed by atoms with Gasteiger partial charge in [0, 0.05) is 12.6 Å². The van der Waals surface area contributed by atoms with Crippen molar-refractivity contribution in [2.45, 2.75) is 65.0 Å². The summed E-state index contributed by atoms with van der Waals surface area (Å²) in [6.07, 6.45) is 6.68. The minimum Gasteiger partial charge on any atom is -0.460 e. The van der Waals surface area contributed by atoms with Crippen LogP contribution in [0.4, 0.5) is 0 Å². The van der Waals surface area contributed by atoms with Gasteiger partial charge in [-0.05, 0) is 51.5 Å². The Labute approximate surface area is 121 Å². The van der Waals surface area contributed by atoms with E-state index in [1.807, 2.05) is 31.7 Å². The molecule has 2 heterocycles. The van der Waals surface area contributed by atoms with Crippen LogP contribution in [0.5, 0.6) is 0 Å². The second-order valence-corrected chi connectivity index (χ2v) is 7.35. The predicted octanol–water partition coefficient (Wildman–Crippen LogP) is 2.68. The molecule has 1 fully saturated rings. The Balaban J connectivity index is 1.97. The lowest BCUT2D eigenvalue weighted by Gasteiger charge is -2.45. The normalized spacial score (nSPS) is 30.1. The van der Waals surface area contributed by atoms with Gasteiger partial charge >= 0.3 is 5.97 Å². The molecule has 4 heteroatoms. The number of fused-ring (bicyclic) bond motifs is 1. The first-order valence-electron chi connectivity index (χ1n) is 7.38. The highest BCUT2D eigenvalue weighted by Gasteiger charge is 2.40. The maximum absolute atomic E-state index is 12.0. The van der Waals surface area contributed by atoms with Crippen molar-refractivity contribution in [3.63, 3.8) is 0 Å². The van der Waals surface area contributed by atoms with E-state index >= 15 is 0 Å². The van der Waals surface area contributed by atoms with E-state index in [1.165, 1.54) is 0 Å². The fourth-order valence-electron chi connectivity index (χ4n) is 3.16. The van der Waals surface area contributed by atoms with Crippen LogP contribution in [-0.4, -0.2) is 35.0 Å². The molecule has 2 unspecified atom stereocenters. The molecule has 0 aromatic heterocycles. The number of esters is 1. The van der Waals surface area contributed by atoms with E-state index < -0.39 is 5.60 Å². The van der Waals surface area contributed by atoms with Gasteiger partial charge in [0.2, 0.25) is 5.91 Å². The molecule has 0 aromatic carbocycles. The second-order valence-electron chi connectivity index (χ2n) is 7.35. The van der Waals surface area contributed by atoms with Gasteiger partial charge < -0.3 is 9.64 Å². The van der Waals surface area contributed by atoms with Crippen LogP contribution in [0.3, 0.4) is 0 Å². The van der Waals surface area contributed by atoms with E-state index in [-0.39, 0.29) is 23.3 Å². The van der Waals surface area contributed by atoms with Crippen molar-refractivity contribution < 1.29 is 14.3 Å². The summed E-state index contributed by atoms with van der Waals surface area (Å²) < 4.78 is 5.43. The van der Waals surface area contributed by atoms with Crippen LogP contribution >= 0.6 is 0 Å². The Morgan fingerprint density at radius 3 is 2.85 bits per heavy atom. The molecular weight excluding hydrogens is 254 g/mol. The average Bonchev–Trinajstić information content (AvgIpc) is 2.25. The van der Waals surface area contributed by atoms with E-state index in [4.69, 9.17) is 4.74 Å². The highest BCUT2D eigenvalue weighted by molar-refractivity contribution is 5.88. The van der Waals surface area contributed by atoms with Crippen LogP contribution in [0.25, 0.3) is 0 Å². The van der Waals surface area contributed by atoms with E-state index in [2.05, 4.69) is 6.92 Å². The van der Waals surface area contributed by atoms with Gasteiger partial charge in [0.1, 0.15) is 5.60 Å². The zero-order valence-electron chi connectivity index (χ0n) is 12.9. The molecule has 1 saturated heterocycles. The highest BCUT2D eigenvalue weighted by atomic mass is 16.6.